The standard InChI is InChI=1S/C22H18Cl2N2O3S/c1-14-2-6-18(7-3-14)30(28,29)26-11-10-15-12-16(4-9-21(15)26)22(27)25-20-8-5-17(23)13-19(20)24/h2-9,12-13H,10-11H2,1H3,(H,25,27). The minimum atomic E-state index is -3.66. The van der Waals surface area contributed by atoms with Crippen molar-refractivity contribution >= 4 is 50.5 Å². The summed E-state index contributed by atoms with van der Waals surface area (Å²) in [6, 6.07) is 16.6. The summed E-state index contributed by atoms with van der Waals surface area (Å²) in [6.07, 6.45) is 0.531. The fourth-order valence-corrected chi connectivity index (χ4v) is 5.34. The zero-order valence-electron chi connectivity index (χ0n) is 16.0. The van der Waals surface area contributed by atoms with Crippen molar-refractivity contribution < 1.29 is 13.2 Å². The number of benzene rings is 3. The predicted molar refractivity (Wildman–Crippen MR) is 120 cm³/mol. The number of halogens is 2. The van der Waals surface area contributed by atoms with Crippen LogP contribution in [0.15, 0.2) is 65.6 Å². The average molecular weight is 461 g/mol. The van der Waals surface area contributed by atoms with E-state index in [0.717, 1.165) is 11.1 Å². The van der Waals surface area contributed by atoms with Gasteiger partial charge in [-0.2, -0.15) is 0 Å². The number of hydrogen-bond donors (Lipinski definition) is 1. The second-order valence-corrected chi connectivity index (χ2v) is 9.77. The molecule has 0 radical (unpaired) electrons. The van der Waals surface area contributed by atoms with Crippen LogP contribution in [0.4, 0.5) is 11.4 Å². The molecule has 0 saturated carbocycles. The molecule has 1 N–H and O–H groups in total. The number of fused-ring (bicyclic) bond motifs is 1. The van der Waals surface area contributed by atoms with E-state index >= 15 is 0 Å². The molecule has 1 amide bonds. The molecule has 154 valence electrons. The monoisotopic (exact) mass is 460 g/mol. The number of carbonyl (C=O) groups is 1. The fourth-order valence-electron chi connectivity index (χ4n) is 3.39. The lowest BCUT2D eigenvalue weighted by Gasteiger charge is -2.20. The Morgan fingerprint density at radius 1 is 1.00 bits per heavy atom. The second-order valence-electron chi connectivity index (χ2n) is 7.06. The van der Waals surface area contributed by atoms with E-state index in [1.807, 2.05) is 6.92 Å². The van der Waals surface area contributed by atoms with E-state index in [4.69, 9.17) is 23.2 Å². The summed E-state index contributed by atoms with van der Waals surface area (Å²) in [5, 5.41) is 3.57. The molecule has 0 atom stereocenters. The van der Waals surface area contributed by atoms with Gasteiger partial charge in [-0.15, -0.1) is 0 Å². The van der Waals surface area contributed by atoms with E-state index < -0.39 is 10.0 Å². The van der Waals surface area contributed by atoms with Gasteiger partial charge < -0.3 is 5.32 Å². The number of sulfonamides is 1. The Bertz CT molecular complexity index is 1240. The quantitative estimate of drug-likeness (QED) is 0.573. The molecule has 0 bridgehead atoms. The van der Waals surface area contributed by atoms with Gasteiger partial charge in [-0.1, -0.05) is 40.9 Å². The molecule has 1 aliphatic heterocycles. The lowest BCUT2D eigenvalue weighted by Crippen LogP contribution is -2.29. The molecule has 0 unspecified atom stereocenters. The molecule has 30 heavy (non-hydrogen) atoms. The Morgan fingerprint density at radius 2 is 1.73 bits per heavy atom. The molecule has 1 aliphatic rings. The van der Waals surface area contributed by atoms with E-state index in [0.29, 0.717) is 39.9 Å². The van der Waals surface area contributed by atoms with Crippen molar-refractivity contribution in [2.75, 3.05) is 16.2 Å². The van der Waals surface area contributed by atoms with Crippen LogP contribution in [0.2, 0.25) is 10.0 Å². The smallest absolute Gasteiger partial charge is 0.264 e. The first-order chi connectivity index (χ1) is 14.3. The SMILES string of the molecule is Cc1ccc(S(=O)(=O)N2CCc3cc(C(=O)Nc4ccc(Cl)cc4Cl)ccc32)cc1. The zero-order chi connectivity index (χ0) is 21.5. The average Bonchev–Trinajstić information content (AvgIpc) is 3.14. The van der Waals surface area contributed by atoms with Gasteiger partial charge in [0.15, 0.2) is 0 Å². The normalized spacial score (nSPS) is 13.2. The molecular weight excluding hydrogens is 443 g/mol. The molecule has 4 rings (SSSR count). The van der Waals surface area contributed by atoms with Crippen molar-refractivity contribution in [1.82, 2.24) is 0 Å². The Kier molecular flexibility index (Phi) is 5.49. The molecule has 0 aliphatic carbocycles. The predicted octanol–water partition coefficient (Wildman–Crippen LogP) is 5.31. The number of anilines is 2. The highest BCUT2D eigenvalue weighted by Crippen LogP contribution is 2.34. The third-order valence-electron chi connectivity index (χ3n) is 4.98. The van der Waals surface area contributed by atoms with E-state index in [2.05, 4.69) is 5.32 Å². The summed E-state index contributed by atoms with van der Waals surface area (Å²) in [5.74, 6) is -0.332. The molecule has 5 nitrogen and oxygen atoms in total. The largest absolute Gasteiger partial charge is 0.321 e. The van der Waals surface area contributed by atoms with E-state index in [-0.39, 0.29) is 10.8 Å². The molecule has 0 spiro atoms. The number of nitrogens with one attached hydrogen (secondary N) is 1. The van der Waals surface area contributed by atoms with Crippen LogP contribution in [0, 0.1) is 6.92 Å². The maximum absolute atomic E-state index is 13.1. The summed E-state index contributed by atoms with van der Waals surface area (Å²) in [7, 11) is -3.66. The van der Waals surface area contributed by atoms with Gasteiger partial charge in [0.1, 0.15) is 0 Å². The van der Waals surface area contributed by atoms with Crippen LogP contribution in [0.3, 0.4) is 0 Å². The summed E-state index contributed by atoms with van der Waals surface area (Å²) >= 11 is 12.0. The first kappa shape index (κ1) is 20.7. The van der Waals surface area contributed by atoms with Gasteiger partial charge in [0.2, 0.25) is 0 Å². The molecular formula is C22H18Cl2N2O3S. The Labute approximate surface area is 185 Å². The second kappa shape index (κ2) is 7.95. The summed E-state index contributed by atoms with van der Waals surface area (Å²) in [5.41, 5.74) is 3.27. The zero-order valence-corrected chi connectivity index (χ0v) is 18.4. The van der Waals surface area contributed by atoms with Gasteiger partial charge in [-0.05, 0) is 67.4 Å². The van der Waals surface area contributed by atoms with Crippen LogP contribution in [-0.2, 0) is 16.4 Å². The van der Waals surface area contributed by atoms with E-state index in [1.165, 1.54) is 4.31 Å². The lowest BCUT2D eigenvalue weighted by molar-refractivity contribution is 0.102. The number of aryl methyl sites for hydroxylation is 1. The molecule has 8 heteroatoms. The molecule has 0 saturated heterocycles. The maximum atomic E-state index is 13.1. The van der Waals surface area contributed by atoms with Crippen molar-refractivity contribution in [3.8, 4) is 0 Å². The molecule has 0 aromatic heterocycles. The van der Waals surface area contributed by atoms with Gasteiger partial charge in [-0.25, -0.2) is 8.42 Å². The van der Waals surface area contributed by atoms with Crippen LogP contribution < -0.4 is 9.62 Å². The van der Waals surface area contributed by atoms with Crippen molar-refractivity contribution in [2.24, 2.45) is 0 Å². The van der Waals surface area contributed by atoms with Crippen molar-refractivity contribution in [3.05, 3.63) is 87.4 Å². The molecule has 3 aromatic carbocycles. The topological polar surface area (TPSA) is 66.5 Å². The third kappa shape index (κ3) is 3.90. The molecule has 1 heterocycles. The van der Waals surface area contributed by atoms with Crippen LogP contribution in [0.25, 0.3) is 0 Å². The minimum absolute atomic E-state index is 0.250. The van der Waals surface area contributed by atoms with Gasteiger partial charge in [0.25, 0.3) is 15.9 Å². The number of rotatable bonds is 4. The highest BCUT2D eigenvalue weighted by molar-refractivity contribution is 7.92. The Morgan fingerprint density at radius 3 is 2.43 bits per heavy atom. The molecule has 0 fully saturated rings. The van der Waals surface area contributed by atoms with Crippen molar-refractivity contribution in [1.29, 1.82) is 0 Å². The highest BCUT2D eigenvalue weighted by atomic mass is 35.5. The van der Waals surface area contributed by atoms with Crippen LogP contribution in [0.5, 0.6) is 0 Å². The molecule has 3 aromatic rings. The van der Waals surface area contributed by atoms with Crippen molar-refractivity contribution in [2.45, 2.75) is 18.2 Å². The van der Waals surface area contributed by atoms with Gasteiger partial charge >= 0.3 is 0 Å². The van der Waals surface area contributed by atoms with Gasteiger partial charge in [-0.3, -0.25) is 9.10 Å². The van der Waals surface area contributed by atoms with Crippen LogP contribution in [-0.4, -0.2) is 20.9 Å². The first-order valence-electron chi connectivity index (χ1n) is 9.24. The summed E-state index contributed by atoms with van der Waals surface area (Å²) in [4.78, 5) is 12.9. The van der Waals surface area contributed by atoms with Crippen LogP contribution >= 0.6 is 23.2 Å². The van der Waals surface area contributed by atoms with Crippen LogP contribution in [0.1, 0.15) is 21.5 Å². The number of amides is 1. The number of nitrogens with zero attached hydrogens (tertiary/aromatic N) is 1. The summed E-state index contributed by atoms with van der Waals surface area (Å²) < 4.78 is 27.5. The van der Waals surface area contributed by atoms with E-state index in [1.54, 1.807) is 60.7 Å². The Balaban J connectivity index is 1.59. The van der Waals surface area contributed by atoms with Gasteiger partial charge in [0, 0.05) is 17.1 Å². The lowest BCUT2D eigenvalue weighted by atomic mass is 10.1. The maximum Gasteiger partial charge on any atom is 0.264 e. The van der Waals surface area contributed by atoms with Gasteiger partial charge in [0.05, 0.1) is 21.3 Å². The third-order valence-corrected chi connectivity index (χ3v) is 7.36. The summed E-state index contributed by atoms with van der Waals surface area (Å²) in [6.45, 7) is 2.24. The Hall–Kier alpha value is -2.54. The first-order valence-corrected chi connectivity index (χ1v) is 11.4. The fraction of sp³-hybridized carbons (Fsp3) is 0.136. The highest BCUT2D eigenvalue weighted by Gasteiger charge is 2.31. The number of carbonyl (C=O) groups excluding carboxylic acids is 1. The number of hydrogen-bond acceptors (Lipinski definition) is 3. The minimum Gasteiger partial charge on any atom is -0.321 e. The van der Waals surface area contributed by atoms with Crippen molar-refractivity contribution in [3.63, 3.8) is 0 Å². The van der Waals surface area contributed by atoms with E-state index in [9.17, 15) is 13.2 Å².